The number of hydrogen-bond donors (Lipinski definition) is 0. The molecule has 4 heteroatoms. The number of rotatable bonds is 1. The van der Waals surface area contributed by atoms with Crippen LogP contribution < -0.4 is 0 Å². The van der Waals surface area contributed by atoms with Gasteiger partial charge in [0.2, 0.25) is 0 Å². The van der Waals surface area contributed by atoms with Crippen LogP contribution >= 0.6 is 46.7 Å². The molecule has 0 aliphatic carbocycles. The van der Waals surface area contributed by atoms with Crippen LogP contribution in [0.25, 0.3) is 11.1 Å². The lowest BCUT2D eigenvalue weighted by atomic mass is 10.1. The van der Waals surface area contributed by atoms with Gasteiger partial charge in [-0.1, -0.05) is 77.1 Å². The Kier molecular flexibility index (Phi) is 3.87. The van der Waals surface area contributed by atoms with E-state index in [4.69, 9.17) is 23.2 Å². The summed E-state index contributed by atoms with van der Waals surface area (Å²) in [6.45, 7) is 0. The fraction of sp³-hybridized carbons (Fsp3) is 0. The van der Waals surface area contributed by atoms with Crippen LogP contribution in [0.1, 0.15) is 0 Å². The van der Waals surface area contributed by atoms with Crippen molar-refractivity contribution in [2.45, 2.75) is 19.6 Å². The van der Waals surface area contributed by atoms with Crippen LogP contribution in [0.5, 0.6) is 0 Å². The third-order valence-corrected chi connectivity index (χ3v) is 6.64. The van der Waals surface area contributed by atoms with Gasteiger partial charge in [0.1, 0.15) is 0 Å². The normalized spacial score (nSPS) is 12.6. The van der Waals surface area contributed by atoms with Gasteiger partial charge in [0.15, 0.2) is 0 Å². The van der Waals surface area contributed by atoms with Crippen molar-refractivity contribution < 1.29 is 0 Å². The lowest BCUT2D eigenvalue weighted by Crippen LogP contribution is -1.92. The molecule has 1 aliphatic rings. The predicted molar refractivity (Wildman–Crippen MR) is 96.6 cm³/mol. The van der Waals surface area contributed by atoms with E-state index in [2.05, 4.69) is 42.5 Å². The van der Waals surface area contributed by atoms with E-state index in [9.17, 15) is 0 Å². The summed E-state index contributed by atoms with van der Waals surface area (Å²) in [5.41, 5.74) is 2.18. The Morgan fingerprint density at radius 2 is 1.36 bits per heavy atom. The summed E-state index contributed by atoms with van der Waals surface area (Å²) in [6.07, 6.45) is 0. The summed E-state index contributed by atoms with van der Waals surface area (Å²) < 4.78 is 0. The standard InChI is InChI=1S/C18H10Cl2S2/c19-11-8-9-12(14(20)10-11)13-4-3-7-17-18(13)22-16-6-2-1-5-15(16)21-17/h1-10H. The summed E-state index contributed by atoms with van der Waals surface area (Å²) in [4.78, 5) is 5.12. The highest BCUT2D eigenvalue weighted by molar-refractivity contribution is 8.05. The number of benzene rings is 3. The SMILES string of the molecule is Clc1ccc(-c2cccc3c2Sc2ccccc2S3)c(Cl)c1. The molecule has 0 radical (unpaired) electrons. The fourth-order valence-electron chi connectivity index (χ4n) is 2.47. The molecular weight excluding hydrogens is 351 g/mol. The summed E-state index contributed by atoms with van der Waals surface area (Å²) >= 11 is 16.0. The first-order valence-electron chi connectivity index (χ1n) is 6.75. The molecule has 0 bridgehead atoms. The topological polar surface area (TPSA) is 0 Å². The smallest absolute Gasteiger partial charge is 0.0499 e. The van der Waals surface area contributed by atoms with Crippen molar-refractivity contribution in [3.63, 3.8) is 0 Å². The molecule has 3 aromatic rings. The van der Waals surface area contributed by atoms with Crippen LogP contribution in [-0.2, 0) is 0 Å². The van der Waals surface area contributed by atoms with E-state index in [0.29, 0.717) is 10.0 Å². The van der Waals surface area contributed by atoms with Gasteiger partial charge in [-0.05, 0) is 35.9 Å². The Bertz CT molecular complexity index is 875. The molecule has 0 saturated carbocycles. The molecule has 22 heavy (non-hydrogen) atoms. The molecule has 0 saturated heterocycles. The number of hydrogen-bond acceptors (Lipinski definition) is 2. The van der Waals surface area contributed by atoms with Gasteiger partial charge in [-0.25, -0.2) is 0 Å². The zero-order valence-corrected chi connectivity index (χ0v) is 14.5. The number of halogens is 2. The highest BCUT2D eigenvalue weighted by atomic mass is 35.5. The molecule has 3 aromatic carbocycles. The molecule has 0 unspecified atom stereocenters. The second-order valence-electron chi connectivity index (χ2n) is 4.91. The highest BCUT2D eigenvalue weighted by Gasteiger charge is 2.20. The molecule has 0 atom stereocenters. The van der Waals surface area contributed by atoms with E-state index < -0.39 is 0 Å². The van der Waals surface area contributed by atoms with Crippen molar-refractivity contribution in [2.24, 2.45) is 0 Å². The lowest BCUT2D eigenvalue weighted by Gasteiger charge is -2.21. The second-order valence-corrected chi connectivity index (χ2v) is 7.89. The van der Waals surface area contributed by atoms with E-state index in [1.807, 2.05) is 23.9 Å². The monoisotopic (exact) mass is 360 g/mol. The summed E-state index contributed by atoms with van der Waals surface area (Å²) in [7, 11) is 0. The van der Waals surface area contributed by atoms with Gasteiger partial charge < -0.3 is 0 Å². The minimum Gasteiger partial charge on any atom is -0.0877 e. The average molecular weight is 361 g/mol. The van der Waals surface area contributed by atoms with Gasteiger partial charge in [0.05, 0.1) is 0 Å². The minimum atomic E-state index is 0.658. The molecular formula is C18H10Cl2S2. The largest absolute Gasteiger partial charge is 0.0877 e. The van der Waals surface area contributed by atoms with Gasteiger partial charge in [0, 0.05) is 35.2 Å². The summed E-state index contributed by atoms with van der Waals surface area (Å²) in [6, 6.07) is 20.5. The predicted octanol–water partition coefficient (Wildman–Crippen LogP) is 7.28. The molecule has 0 spiro atoms. The maximum atomic E-state index is 6.41. The van der Waals surface area contributed by atoms with Crippen LogP contribution in [0.3, 0.4) is 0 Å². The first kappa shape index (κ1) is 14.5. The van der Waals surface area contributed by atoms with Crippen molar-refractivity contribution in [3.05, 3.63) is 70.7 Å². The maximum absolute atomic E-state index is 6.41. The van der Waals surface area contributed by atoms with Crippen molar-refractivity contribution in [3.8, 4) is 11.1 Å². The molecule has 0 aromatic heterocycles. The molecule has 0 nitrogen and oxygen atoms in total. The Balaban J connectivity index is 1.87. The molecule has 4 rings (SSSR count). The third kappa shape index (κ3) is 2.55. The van der Waals surface area contributed by atoms with Crippen LogP contribution in [0, 0.1) is 0 Å². The molecule has 1 aliphatic heterocycles. The Morgan fingerprint density at radius 3 is 2.14 bits per heavy atom. The summed E-state index contributed by atoms with van der Waals surface area (Å²) in [5.74, 6) is 0. The molecule has 0 amide bonds. The number of fused-ring (bicyclic) bond motifs is 2. The maximum Gasteiger partial charge on any atom is 0.0499 e. The summed E-state index contributed by atoms with van der Waals surface area (Å²) in [5, 5.41) is 1.34. The average Bonchev–Trinajstić information content (AvgIpc) is 2.53. The molecule has 0 N–H and O–H groups in total. The van der Waals surface area contributed by atoms with Gasteiger partial charge >= 0.3 is 0 Å². The van der Waals surface area contributed by atoms with E-state index in [1.54, 1.807) is 17.8 Å². The van der Waals surface area contributed by atoms with Crippen LogP contribution in [-0.4, -0.2) is 0 Å². The first-order valence-corrected chi connectivity index (χ1v) is 9.14. The third-order valence-electron chi connectivity index (χ3n) is 3.48. The van der Waals surface area contributed by atoms with Crippen LogP contribution in [0.15, 0.2) is 80.2 Å². The Labute approximate surface area is 147 Å². The molecule has 1 heterocycles. The van der Waals surface area contributed by atoms with E-state index >= 15 is 0 Å². The van der Waals surface area contributed by atoms with Gasteiger partial charge in [-0.2, -0.15) is 0 Å². The zero-order chi connectivity index (χ0) is 15.1. The van der Waals surface area contributed by atoms with E-state index in [0.717, 1.165) is 11.1 Å². The Morgan fingerprint density at radius 1 is 0.636 bits per heavy atom. The zero-order valence-electron chi connectivity index (χ0n) is 11.3. The first-order chi connectivity index (χ1) is 10.7. The van der Waals surface area contributed by atoms with Crippen molar-refractivity contribution in [2.75, 3.05) is 0 Å². The quantitative estimate of drug-likeness (QED) is 0.349. The molecule has 0 fully saturated rings. The van der Waals surface area contributed by atoms with E-state index in [-0.39, 0.29) is 0 Å². The lowest BCUT2D eigenvalue weighted by molar-refractivity contribution is 1.16. The second kappa shape index (κ2) is 5.86. The van der Waals surface area contributed by atoms with Gasteiger partial charge in [-0.15, -0.1) is 0 Å². The molecule has 108 valence electrons. The van der Waals surface area contributed by atoms with Crippen molar-refractivity contribution >= 4 is 46.7 Å². The highest BCUT2D eigenvalue weighted by Crippen LogP contribution is 2.52. The van der Waals surface area contributed by atoms with Crippen LogP contribution in [0.2, 0.25) is 10.0 Å². The fourth-order valence-corrected chi connectivity index (χ4v) is 5.37. The minimum absolute atomic E-state index is 0.658. The van der Waals surface area contributed by atoms with Crippen LogP contribution in [0.4, 0.5) is 0 Å². The van der Waals surface area contributed by atoms with Crippen molar-refractivity contribution in [1.29, 1.82) is 0 Å². The van der Waals surface area contributed by atoms with Crippen molar-refractivity contribution in [1.82, 2.24) is 0 Å². The van der Waals surface area contributed by atoms with Gasteiger partial charge in [-0.3, -0.25) is 0 Å². The van der Waals surface area contributed by atoms with E-state index in [1.165, 1.54) is 19.6 Å². The van der Waals surface area contributed by atoms with Gasteiger partial charge in [0.25, 0.3) is 0 Å². The Hall–Kier alpha value is -1.06.